The third-order valence-electron chi connectivity index (χ3n) is 1.98. The Balaban J connectivity index is 2.52. The highest BCUT2D eigenvalue weighted by Gasteiger charge is 2.32. The van der Waals surface area contributed by atoms with Crippen LogP contribution in [0.25, 0.3) is 0 Å². The van der Waals surface area contributed by atoms with Crippen molar-refractivity contribution in [3.63, 3.8) is 0 Å². The van der Waals surface area contributed by atoms with Gasteiger partial charge >= 0.3 is 5.97 Å². The van der Waals surface area contributed by atoms with Crippen molar-refractivity contribution in [2.45, 2.75) is 38.9 Å². The normalized spacial score (nSPS) is 26.8. The Labute approximate surface area is 84.1 Å². The van der Waals surface area contributed by atoms with Crippen LogP contribution in [0.3, 0.4) is 0 Å². The molecule has 1 heterocycles. The van der Waals surface area contributed by atoms with E-state index in [2.05, 4.69) is 6.92 Å². The number of hydrogen-bond acceptors (Lipinski definition) is 3. The largest absolute Gasteiger partial charge is 0.426 e. The molecule has 1 aliphatic rings. The zero-order valence-electron chi connectivity index (χ0n) is 8.62. The van der Waals surface area contributed by atoms with E-state index in [1.54, 1.807) is 6.08 Å². The van der Waals surface area contributed by atoms with Gasteiger partial charge in [0.2, 0.25) is 5.79 Å². The standard InChI is InChI=1S/C11H16O3/c1-3-4-5-6-7-9-8-11(2,13)14-10(9)12/h6-8,13H,3-5H2,1-2H3/b7-6-. The first-order valence-electron chi connectivity index (χ1n) is 4.90. The number of unbranched alkanes of at least 4 members (excludes halogenated alkanes) is 2. The first kappa shape index (κ1) is 11.0. The Morgan fingerprint density at radius 2 is 2.36 bits per heavy atom. The van der Waals surface area contributed by atoms with Crippen molar-refractivity contribution in [3.8, 4) is 0 Å². The summed E-state index contributed by atoms with van der Waals surface area (Å²) in [5.74, 6) is -1.88. The van der Waals surface area contributed by atoms with Crippen LogP contribution in [0.5, 0.6) is 0 Å². The van der Waals surface area contributed by atoms with E-state index in [0.29, 0.717) is 5.57 Å². The number of rotatable bonds is 4. The third kappa shape index (κ3) is 3.00. The fraction of sp³-hybridized carbons (Fsp3) is 0.545. The van der Waals surface area contributed by atoms with Crippen LogP contribution >= 0.6 is 0 Å². The van der Waals surface area contributed by atoms with Crippen LogP contribution in [0.4, 0.5) is 0 Å². The summed E-state index contributed by atoms with van der Waals surface area (Å²) in [6.07, 6.45) is 8.25. The maximum atomic E-state index is 11.2. The van der Waals surface area contributed by atoms with E-state index in [-0.39, 0.29) is 0 Å². The van der Waals surface area contributed by atoms with Crippen molar-refractivity contribution in [1.29, 1.82) is 0 Å². The Hall–Kier alpha value is -1.09. The van der Waals surface area contributed by atoms with E-state index in [1.807, 2.05) is 6.08 Å². The predicted octanol–water partition coefficient (Wildman–Crippen LogP) is 1.92. The van der Waals surface area contributed by atoms with Gasteiger partial charge in [0, 0.05) is 13.0 Å². The van der Waals surface area contributed by atoms with Gasteiger partial charge in [-0.1, -0.05) is 31.9 Å². The highest BCUT2D eigenvalue weighted by atomic mass is 16.7. The molecule has 1 rings (SSSR count). The summed E-state index contributed by atoms with van der Waals surface area (Å²) in [6.45, 7) is 3.56. The zero-order valence-corrected chi connectivity index (χ0v) is 8.62. The Bertz CT molecular complexity index is 274. The highest BCUT2D eigenvalue weighted by Crippen LogP contribution is 2.22. The lowest BCUT2D eigenvalue weighted by Gasteiger charge is -2.11. The fourth-order valence-electron chi connectivity index (χ4n) is 1.27. The molecule has 3 heteroatoms. The van der Waals surface area contributed by atoms with E-state index < -0.39 is 11.8 Å². The lowest BCUT2D eigenvalue weighted by molar-refractivity contribution is -0.172. The van der Waals surface area contributed by atoms with Crippen molar-refractivity contribution < 1.29 is 14.6 Å². The smallest absolute Gasteiger partial charge is 0.340 e. The van der Waals surface area contributed by atoms with Crippen LogP contribution in [0.15, 0.2) is 23.8 Å². The number of carbonyl (C=O) groups excluding carboxylic acids is 1. The Kier molecular flexibility index (Phi) is 3.47. The van der Waals surface area contributed by atoms with Crippen molar-refractivity contribution >= 4 is 5.97 Å². The van der Waals surface area contributed by atoms with E-state index in [1.165, 1.54) is 13.0 Å². The summed E-state index contributed by atoms with van der Waals surface area (Å²) in [5, 5.41) is 9.38. The van der Waals surface area contributed by atoms with Crippen molar-refractivity contribution in [2.75, 3.05) is 0 Å². The number of esters is 1. The number of hydrogen-bond donors (Lipinski definition) is 1. The number of aliphatic hydroxyl groups is 1. The van der Waals surface area contributed by atoms with Crippen molar-refractivity contribution in [1.82, 2.24) is 0 Å². The molecule has 0 amide bonds. The van der Waals surface area contributed by atoms with Crippen LogP contribution in [0.1, 0.15) is 33.1 Å². The third-order valence-corrected chi connectivity index (χ3v) is 1.98. The average molecular weight is 196 g/mol. The topological polar surface area (TPSA) is 46.5 Å². The summed E-state index contributed by atoms with van der Waals surface area (Å²) in [6, 6.07) is 0. The summed E-state index contributed by atoms with van der Waals surface area (Å²) in [4.78, 5) is 11.2. The predicted molar refractivity (Wildman–Crippen MR) is 53.5 cm³/mol. The highest BCUT2D eigenvalue weighted by molar-refractivity contribution is 5.94. The first-order valence-corrected chi connectivity index (χ1v) is 4.90. The molecule has 1 unspecified atom stereocenters. The summed E-state index contributed by atoms with van der Waals surface area (Å²) >= 11 is 0. The van der Waals surface area contributed by atoms with E-state index in [0.717, 1.165) is 19.3 Å². The van der Waals surface area contributed by atoms with Gasteiger partial charge in [0.15, 0.2) is 0 Å². The number of cyclic esters (lactones) is 1. The average Bonchev–Trinajstić information content (AvgIpc) is 2.34. The monoisotopic (exact) mass is 196 g/mol. The number of allylic oxidation sites excluding steroid dienone is 1. The van der Waals surface area contributed by atoms with Crippen molar-refractivity contribution in [2.24, 2.45) is 0 Å². The minimum atomic E-state index is -1.43. The molecule has 78 valence electrons. The summed E-state index contributed by atoms with van der Waals surface area (Å²) in [5.41, 5.74) is 0.436. The second kappa shape index (κ2) is 4.42. The van der Waals surface area contributed by atoms with Gasteiger partial charge in [0.25, 0.3) is 0 Å². The molecule has 0 aromatic carbocycles. The van der Waals surface area contributed by atoms with E-state index in [4.69, 9.17) is 4.74 Å². The summed E-state index contributed by atoms with van der Waals surface area (Å²) in [7, 11) is 0. The van der Waals surface area contributed by atoms with Crippen LogP contribution in [-0.2, 0) is 9.53 Å². The van der Waals surface area contributed by atoms with Gasteiger partial charge in [0.05, 0.1) is 5.57 Å². The molecule has 0 fully saturated rings. The molecule has 1 atom stereocenters. The number of carbonyl (C=O) groups is 1. The maximum Gasteiger partial charge on any atom is 0.340 e. The van der Waals surface area contributed by atoms with Crippen LogP contribution < -0.4 is 0 Å². The molecule has 0 spiro atoms. The quantitative estimate of drug-likeness (QED) is 0.552. The van der Waals surface area contributed by atoms with Gasteiger partial charge < -0.3 is 9.84 Å². The van der Waals surface area contributed by atoms with E-state index in [9.17, 15) is 9.90 Å². The molecule has 0 saturated heterocycles. The SMILES string of the molecule is CCCC/C=C\C1=CC(C)(O)OC1=O. The van der Waals surface area contributed by atoms with Crippen LogP contribution in [-0.4, -0.2) is 16.9 Å². The first-order chi connectivity index (χ1) is 6.55. The minimum Gasteiger partial charge on any atom is -0.426 e. The molecule has 3 nitrogen and oxygen atoms in total. The second-order valence-corrected chi connectivity index (χ2v) is 3.59. The molecule has 0 radical (unpaired) electrons. The molecule has 0 aromatic heterocycles. The molecule has 0 saturated carbocycles. The lowest BCUT2D eigenvalue weighted by atomic mass is 10.1. The summed E-state index contributed by atoms with van der Waals surface area (Å²) < 4.78 is 4.69. The minimum absolute atomic E-state index is 0.436. The second-order valence-electron chi connectivity index (χ2n) is 3.59. The molecular weight excluding hydrogens is 180 g/mol. The van der Waals surface area contributed by atoms with Gasteiger partial charge in [-0.15, -0.1) is 0 Å². The lowest BCUT2D eigenvalue weighted by Crippen LogP contribution is -2.22. The molecular formula is C11H16O3. The maximum absolute atomic E-state index is 11.2. The van der Waals surface area contributed by atoms with Gasteiger partial charge in [-0.25, -0.2) is 4.79 Å². The molecule has 0 aliphatic carbocycles. The van der Waals surface area contributed by atoms with Crippen molar-refractivity contribution in [3.05, 3.63) is 23.8 Å². The molecule has 0 bridgehead atoms. The fourth-order valence-corrected chi connectivity index (χ4v) is 1.27. The zero-order chi connectivity index (χ0) is 10.6. The molecule has 14 heavy (non-hydrogen) atoms. The van der Waals surface area contributed by atoms with E-state index >= 15 is 0 Å². The van der Waals surface area contributed by atoms with Crippen LogP contribution in [0, 0.1) is 0 Å². The molecule has 1 N–H and O–H groups in total. The van der Waals surface area contributed by atoms with Gasteiger partial charge in [0.1, 0.15) is 0 Å². The molecule has 1 aliphatic heterocycles. The van der Waals surface area contributed by atoms with Crippen LogP contribution in [0.2, 0.25) is 0 Å². The van der Waals surface area contributed by atoms with Gasteiger partial charge in [-0.2, -0.15) is 0 Å². The molecule has 0 aromatic rings. The van der Waals surface area contributed by atoms with Gasteiger partial charge in [-0.05, 0) is 6.42 Å². The van der Waals surface area contributed by atoms with Gasteiger partial charge in [-0.3, -0.25) is 0 Å². The Morgan fingerprint density at radius 3 is 2.86 bits per heavy atom. The Morgan fingerprint density at radius 1 is 1.64 bits per heavy atom. The number of ether oxygens (including phenoxy) is 1.